The number of hydrogen-bond donors (Lipinski definition) is 1. The van der Waals surface area contributed by atoms with Gasteiger partial charge >= 0.3 is 0 Å². The third-order valence-electron chi connectivity index (χ3n) is 3.34. The number of nitrogens with zero attached hydrogens (tertiary/aromatic N) is 1. The predicted molar refractivity (Wildman–Crippen MR) is 74.7 cm³/mol. The van der Waals surface area contributed by atoms with E-state index >= 15 is 0 Å². The van der Waals surface area contributed by atoms with E-state index in [2.05, 4.69) is 34.5 Å². The SMILES string of the molecule is CNC1CCCN(C/C=C/Cl)c2ccccc21. The molecule has 1 aromatic carbocycles. The van der Waals surface area contributed by atoms with Gasteiger partial charge in [-0.2, -0.15) is 0 Å². The highest BCUT2D eigenvalue weighted by molar-refractivity contribution is 6.25. The lowest BCUT2D eigenvalue weighted by atomic mass is 10.0. The van der Waals surface area contributed by atoms with Gasteiger partial charge < -0.3 is 10.2 Å². The summed E-state index contributed by atoms with van der Waals surface area (Å²) in [6.07, 6.45) is 4.39. The molecule has 2 nitrogen and oxygen atoms in total. The molecule has 0 bridgehead atoms. The Balaban J connectivity index is 2.31. The Labute approximate surface area is 108 Å². The topological polar surface area (TPSA) is 15.3 Å². The maximum atomic E-state index is 5.63. The molecule has 0 fully saturated rings. The highest BCUT2D eigenvalue weighted by atomic mass is 35.5. The number of para-hydroxylation sites is 1. The number of benzene rings is 1. The van der Waals surface area contributed by atoms with Crippen LogP contribution in [-0.2, 0) is 0 Å². The van der Waals surface area contributed by atoms with E-state index in [4.69, 9.17) is 11.6 Å². The van der Waals surface area contributed by atoms with Gasteiger partial charge in [0.1, 0.15) is 0 Å². The molecular formula is C14H19ClN2. The zero-order valence-corrected chi connectivity index (χ0v) is 11.0. The van der Waals surface area contributed by atoms with Crippen LogP contribution in [0.15, 0.2) is 35.9 Å². The van der Waals surface area contributed by atoms with Gasteiger partial charge in [-0.1, -0.05) is 35.9 Å². The number of rotatable bonds is 3. The van der Waals surface area contributed by atoms with E-state index in [1.807, 2.05) is 13.1 Å². The monoisotopic (exact) mass is 250 g/mol. The van der Waals surface area contributed by atoms with E-state index < -0.39 is 0 Å². The molecule has 1 aromatic rings. The molecule has 1 unspecified atom stereocenters. The van der Waals surface area contributed by atoms with E-state index in [0.29, 0.717) is 6.04 Å². The van der Waals surface area contributed by atoms with Crippen molar-refractivity contribution >= 4 is 17.3 Å². The Hall–Kier alpha value is -0.990. The van der Waals surface area contributed by atoms with Gasteiger partial charge in [0.2, 0.25) is 0 Å². The lowest BCUT2D eigenvalue weighted by Gasteiger charge is -2.24. The quantitative estimate of drug-likeness (QED) is 0.886. The summed E-state index contributed by atoms with van der Waals surface area (Å²) in [4.78, 5) is 2.39. The number of halogens is 1. The van der Waals surface area contributed by atoms with E-state index in [-0.39, 0.29) is 0 Å². The summed E-state index contributed by atoms with van der Waals surface area (Å²) in [7, 11) is 2.04. The van der Waals surface area contributed by atoms with Crippen molar-refractivity contribution in [1.29, 1.82) is 0 Å². The molecule has 0 spiro atoms. The average Bonchev–Trinajstić information content (AvgIpc) is 2.55. The maximum Gasteiger partial charge on any atom is 0.0417 e. The van der Waals surface area contributed by atoms with E-state index in [1.165, 1.54) is 24.1 Å². The van der Waals surface area contributed by atoms with Crippen molar-refractivity contribution in [3.05, 3.63) is 41.4 Å². The Bertz CT molecular complexity index is 390. The molecule has 2 rings (SSSR count). The zero-order valence-electron chi connectivity index (χ0n) is 10.2. The highest BCUT2D eigenvalue weighted by Gasteiger charge is 2.20. The van der Waals surface area contributed by atoms with Crippen molar-refractivity contribution in [2.75, 3.05) is 25.0 Å². The van der Waals surface area contributed by atoms with E-state index in [1.54, 1.807) is 5.54 Å². The normalized spacial score (nSPS) is 20.4. The van der Waals surface area contributed by atoms with Crippen LogP contribution in [0.4, 0.5) is 5.69 Å². The van der Waals surface area contributed by atoms with Gasteiger partial charge in [0.25, 0.3) is 0 Å². The van der Waals surface area contributed by atoms with Gasteiger partial charge in [0.15, 0.2) is 0 Å². The van der Waals surface area contributed by atoms with Crippen molar-refractivity contribution < 1.29 is 0 Å². The van der Waals surface area contributed by atoms with Crippen LogP contribution < -0.4 is 10.2 Å². The summed E-state index contributed by atoms with van der Waals surface area (Å²) in [5, 5.41) is 3.41. The smallest absolute Gasteiger partial charge is 0.0417 e. The Morgan fingerprint density at radius 3 is 3.06 bits per heavy atom. The first-order chi connectivity index (χ1) is 8.36. The fourth-order valence-corrected chi connectivity index (χ4v) is 2.57. The minimum absolute atomic E-state index is 0.469. The van der Waals surface area contributed by atoms with Crippen LogP contribution in [0.2, 0.25) is 0 Å². The van der Waals surface area contributed by atoms with Crippen LogP contribution in [0.1, 0.15) is 24.4 Å². The maximum absolute atomic E-state index is 5.63. The van der Waals surface area contributed by atoms with Crippen LogP contribution in [0.25, 0.3) is 0 Å². The molecule has 0 aliphatic carbocycles. The van der Waals surface area contributed by atoms with E-state index in [0.717, 1.165) is 13.1 Å². The summed E-state index contributed by atoms with van der Waals surface area (Å²) >= 11 is 5.63. The van der Waals surface area contributed by atoms with Crippen LogP contribution in [0.3, 0.4) is 0 Å². The van der Waals surface area contributed by atoms with Crippen molar-refractivity contribution in [3.63, 3.8) is 0 Å². The summed E-state index contributed by atoms with van der Waals surface area (Å²) in [6, 6.07) is 9.11. The van der Waals surface area contributed by atoms with Gasteiger partial charge in [0, 0.05) is 30.4 Å². The molecule has 0 amide bonds. The fourth-order valence-electron chi connectivity index (χ4n) is 2.49. The van der Waals surface area contributed by atoms with E-state index in [9.17, 15) is 0 Å². The standard InChI is InChI=1S/C14H19ClN2/c1-16-13-7-4-10-17(11-5-9-15)14-8-3-2-6-12(13)14/h2-3,5-6,8-9,13,16H,4,7,10-11H2,1H3/b9-5+. The first-order valence-electron chi connectivity index (χ1n) is 6.13. The molecule has 0 saturated heterocycles. The number of fused-ring (bicyclic) bond motifs is 1. The van der Waals surface area contributed by atoms with Crippen molar-refractivity contribution in [3.8, 4) is 0 Å². The van der Waals surface area contributed by atoms with Gasteiger partial charge in [-0.3, -0.25) is 0 Å². The average molecular weight is 251 g/mol. The predicted octanol–water partition coefficient (Wildman–Crippen LogP) is 3.30. The highest BCUT2D eigenvalue weighted by Crippen LogP contribution is 2.32. The summed E-state index contributed by atoms with van der Waals surface area (Å²) in [6.45, 7) is 1.98. The van der Waals surface area contributed by atoms with Crippen LogP contribution in [0, 0.1) is 0 Å². The Morgan fingerprint density at radius 2 is 2.29 bits per heavy atom. The number of anilines is 1. The van der Waals surface area contributed by atoms with Crippen LogP contribution in [-0.4, -0.2) is 20.1 Å². The lowest BCUT2D eigenvalue weighted by molar-refractivity contribution is 0.542. The third-order valence-corrected chi connectivity index (χ3v) is 3.52. The second-order valence-corrected chi connectivity index (χ2v) is 4.60. The molecule has 3 heteroatoms. The minimum Gasteiger partial charge on any atom is -0.367 e. The van der Waals surface area contributed by atoms with Gasteiger partial charge in [-0.15, -0.1) is 0 Å². The molecule has 1 N–H and O–H groups in total. The molecule has 0 radical (unpaired) electrons. The molecule has 1 aliphatic heterocycles. The molecule has 17 heavy (non-hydrogen) atoms. The van der Waals surface area contributed by atoms with Crippen LogP contribution >= 0.6 is 11.6 Å². The first kappa shape index (κ1) is 12.5. The summed E-state index contributed by atoms with van der Waals surface area (Å²) in [5.74, 6) is 0. The molecule has 1 heterocycles. The number of nitrogens with one attached hydrogen (secondary N) is 1. The minimum atomic E-state index is 0.469. The number of hydrogen-bond acceptors (Lipinski definition) is 2. The Kier molecular flexibility index (Phi) is 4.46. The molecule has 1 aliphatic rings. The third kappa shape index (κ3) is 2.82. The molecule has 1 atom stereocenters. The van der Waals surface area contributed by atoms with Crippen molar-refractivity contribution in [2.45, 2.75) is 18.9 Å². The second-order valence-electron chi connectivity index (χ2n) is 4.35. The van der Waals surface area contributed by atoms with Gasteiger partial charge in [-0.25, -0.2) is 0 Å². The largest absolute Gasteiger partial charge is 0.367 e. The second kappa shape index (κ2) is 6.08. The zero-order chi connectivity index (χ0) is 12.1. The summed E-state index contributed by atoms with van der Waals surface area (Å²) < 4.78 is 0. The van der Waals surface area contributed by atoms with Crippen molar-refractivity contribution in [2.24, 2.45) is 0 Å². The lowest BCUT2D eigenvalue weighted by Crippen LogP contribution is -2.24. The van der Waals surface area contributed by atoms with Gasteiger partial charge in [-0.05, 0) is 31.5 Å². The molecule has 0 saturated carbocycles. The summed E-state index contributed by atoms with van der Waals surface area (Å²) in [5.41, 5.74) is 4.33. The fraction of sp³-hybridized carbons (Fsp3) is 0.429. The molecular weight excluding hydrogens is 232 g/mol. The molecule has 92 valence electrons. The van der Waals surface area contributed by atoms with Crippen LogP contribution in [0.5, 0.6) is 0 Å². The first-order valence-corrected chi connectivity index (χ1v) is 6.57. The molecule has 0 aromatic heterocycles. The van der Waals surface area contributed by atoms with Gasteiger partial charge in [0.05, 0.1) is 0 Å². The van der Waals surface area contributed by atoms with Crippen molar-refractivity contribution in [1.82, 2.24) is 5.32 Å². The Morgan fingerprint density at radius 1 is 1.47 bits per heavy atom.